The predicted octanol–water partition coefficient (Wildman–Crippen LogP) is 2.10. The quantitative estimate of drug-likeness (QED) is 0.738. The number of carbonyl (C=O) groups is 3. The number of methoxy groups -OCH3 is 2. The normalized spacial score (nSPS) is 13.5. The Hall–Kier alpha value is -2.58. The van der Waals surface area contributed by atoms with Gasteiger partial charge >= 0.3 is 18.1 Å². The molecule has 2 atom stereocenters. The van der Waals surface area contributed by atoms with Crippen molar-refractivity contribution in [1.82, 2.24) is 5.32 Å². The molecule has 0 aliphatic rings. The summed E-state index contributed by atoms with van der Waals surface area (Å²) in [5.41, 5.74) is -0.728. The molecule has 0 heterocycles. The maximum atomic E-state index is 12.7. The van der Waals surface area contributed by atoms with Crippen LogP contribution < -0.4 is 5.32 Å². The smallest absolute Gasteiger partial charge is 0.416 e. The van der Waals surface area contributed by atoms with Gasteiger partial charge in [-0.1, -0.05) is 25.1 Å². The molecule has 0 unspecified atom stereocenters. The summed E-state index contributed by atoms with van der Waals surface area (Å²) in [6.45, 7) is 1.51. The van der Waals surface area contributed by atoms with Crippen LogP contribution in [0.25, 0.3) is 0 Å². The topological polar surface area (TPSA) is 81.7 Å². The molecular formula is C17H20F3NO5. The van der Waals surface area contributed by atoms with Crippen LogP contribution >= 0.6 is 0 Å². The minimum atomic E-state index is -4.52. The lowest BCUT2D eigenvalue weighted by Crippen LogP contribution is -2.44. The number of nitrogens with one attached hydrogen (secondary N) is 1. The van der Waals surface area contributed by atoms with E-state index < -0.39 is 41.5 Å². The molecular weight excluding hydrogens is 355 g/mol. The van der Waals surface area contributed by atoms with Crippen molar-refractivity contribution in [3.63, 3.8) is 0 Å². The molecule has 0 aliphatic heterocycles. The molecule has 26 heavy (non-hydrogen) atoms. The molecule has 1 rings (SSSR count). The standard InChI is InChI=1S/C17H20F3NO5/c1-10(15(23)25-2)7-13(16(24)26-3)21-14(22)9-11-5-4-6-12(8-11)17(18,19)20/h4-6,8,10,13H,7,9H2,1-3H3,(H,21,22)/t10-,13-/m1/s1. The van der Waals surface area contributed by atoms with Crippen molar-refractivity contribution in [2.75, 3.05) is 14.2 Å². The monoisotopic (exact) mass is 375 g/mol. The van der Waals surface area contributed by atoms with Crippen molar-refractivity contribution in [2.24, 2.45) is 5.92 Å². The minimum Gasteiger partial charge on any atom is -0.469 e. The van der Waals surface area contributed by atoms with Crippen LogP contribution in [-0.4, -0.2) is 38.1 Å². The molecule has 0 aromatic heterocycles. The number of rotatable bonds is 7. The first-order valence-electron chi connectivity index (χ1n) is 7.69. The summed E-state index contributed by atoms with van der Waals surface area (Å²) in [7, 11) is 2.31. The van der Waals surface area contributed by atoms with Gasteiger partial charge in [0, 0.05) is 0 Å². The summed E-state index contributed by atoms with van der Waals surface area (Å²) >= 11 is 0. The molecule has 0 saturated heterocycles. The Morgan fingerprint density at radius 2 is 1.73 bits per heavy atom. The van der Waals surface area contributed by atoms with Crippen LogP contribution in [0.5, 0.6) is 0 Å². The van der Waals surface area contributed by atoms with E-state index in [0.29, 0.717) is 0 Å². The van der Waals surface area contributed by atoms with Crippen LogP contribution in [0, 0.1) is 5.92 Å². The van der Waals surface area contributed by atoms with E-state index in [1.165, 1.54) is 26.2 Å². The van der Waals surface area contributed by atoms with Gasteiger partial charge in [0.15, 0.2) is 0 Å². The maximum absolute atomic E-state index is 12.7. The zero-order chi connectivity index (χ0) is 19.9. The fourth-order valence-corrected chi connectivity index (χ4v) is 2.30. The van der Waals surface area contributed by atoms with Crippen molar-refractivity contribution in [3.05, 3.63) is 35.4 Å². The summed E-state index contributed by atoms with van der Waals surface area (Å²) in [5.74, 6) is -2.68. The highest BCUT2D eigenvalue weighted by atomic mass is 19.4. The predicted molar refractivity (Wildman–Crippen MR) is 84.9 cm³/mol. The van der Waals surface area contributed by atoms with E-state index in [9.17, 15) is 27.6 Å². The molecule has 1 amide bonds. The Bertz CT molecular complexity index is 660. The molecule has 0 radical (unpaired) electrons. The Kier molecular flexibility index (Phi) is 7.60. The number of benzene rings is 1. The first-order chi connectivity index (χ1) is 12.1. The van der Waals surface area contributed by atoms with Crippen molar-refractivity contribution in [1.29, 1.82) is 0 Å². The Morgan fingerprint density at radius 1 is 1.12 bits per heavy atom. The molecule has 0 saturated carbocycles. The zero-order valence-corrected chi connectivity index (χ0v) is 14.6. The molecule has 1 N–H and O–H groups in total. The third-order valence-electron chi connectivity index (χ3n) is 3.63. The van der Waals surface area contributed by atoms with Crippen LogP contribution in [-0.2, 0) is 36.5 Å². The molecule has 0 aliphatic carbocycles. The van der Waals surface area contributed by atoms with Crippen LogP contribution in [0.15, 0.2) is 24.3 Å². The van der Waals surface area contributed by atoms with Crippen molar-refractivity contribution in [2.45, 2.75) is 32.0 Å². The largest absolute Gasteiger partial charge is 0.469 e. The average molecular weight is 375 g/mol. The van der Waals surface area contributed by atoms with Crippen molar-refractivity contribution < 1.29 is 37.0 Å². The number of amides is 1. The van der Waals surface area contributed by atoms with Crippen LogP contribution in [0.2, 0.25) is 0 Å². The van der Waals surface area contributed by atoms with Crippen LogP contribution in [0.3, 0.4) is 0 Å². The third-order valence-corrected chi connectivity index (χ3v) is 3.63. The van der Waals surface area contributed by atoms with Gasteiger partial charge in [0.25, 0.3) is 0 Å². The van der Waals surface area contributed by atoms with Gasteiger partial charge in [0.2, 0.25) is 5.91 Å². The summed E-state index contributed by atoms with van der Waals surface area (Å²) in [6, 6.07) is 3.22. The summed E-state index contributed by atoms with van der Waals surface area (Å²) < 4.78 is 47.3. The molecule has 0 bridgehead atoms. The highest BCUT2D eigenvalue weighted by Crippen LogP contribution is 2.29. The second-order valence-electron chi connectivity index (χ2n) is 5.68. The molecule has 9 heteroatoms. The second-order valence-corrected chi connectivity index (χ2v) is 5.68. The number of hydrogen-bond acceptors (Lipinski definition) is 5. The van der Waals surface area contributed by atoms with E-state index in [-0.39, 0.29) is 18.4 Å². The third kappa shape index (κ3) is 6.38. The molecule has 1 aromatic carbocycles. The summed E-state index contributed by atoms with van der Waals surface area (Å²) in [5, 5.41) is 2.38. The Labute approximate surface area is 148 Å². The van der Waals surface area contributed by atoms with Gasteiger partial charge in [-0.05, 0) is 18.1 Å². The molecule has 0 spiro atoms. The van der Waals surface area contributed by atoms with Gasteiger partial charge in [-0.2, -0.15) is 13.2 Å². The lowest BCUT2D eigenvalue weighted by Gasteiger charge is -2.19. The van der Waals surface area contributed by atoms with Crippen LogP contribution in [0.4, 0.5) is 13.2 Å². The van der Waals surface area contributed by atoms with E-state index in [4.69, 9.17) is 0 Å². The highest BCUT2D eigenvalue weighted by Gasteiger charge is 2.31. The Balaban J connectivity index is 2.81. The minimum absolute atomic E-state index is 0.0618. The first-order valence-corrected chi connectivity index (χ1v) is 7.69. The number of hydrogen-bond donors (Lipinski definition) is 1. The zero-order valence-electron chi connectivity index (χ0n) is 14.6. The number of esters is 2. The number of alkyl halides is 3. The van der Waals surface area contributed by atoms with Crippen molar-refractivity contribution >= 4 is 17.8 Å². The van der Waals surface area contributed by atoms with E-state index in [2.05, 4.69) is 14.8 Å². The Morgan fingerprint density at radius 3 is 2.27 bits per heavy atom. The van der Waals surface area contributed by atoms with E-state index >= 15 is 0 Å². The molecule has 6 nitrogen and oxygen atoms in total. The first kappa shape index (κ1) is 21.5. The van der Waals surface area contributed by atoms with Crippen molar-refractivity contribution in [3.8, 4) is 0 Å². The van der Waals surface area contributed by atoms with Gasteiger partial charge < -0.3 is 14.8 Å². The van der Waals surface area contributed by atoms with Gasteiger partial charge in [-0.15, -0.1) is 0 Å². The lowest BCUT2D eigenvalue weighted by molar-refractivity contribution is -0.148. The number of carbonyl (C=O) groups excluding carboxylic acids is 3. The fourth-order valence-electron chi connectivity index (χ4n) is 2.30. The molecule has 144 valence electrons. The summed E-state index contributed by atoms with van der Waals surface area (Å²) in [6.07, 6.45) is -4.94. The van der Waals surface area contributed by atoms with Gasteiger partial charge in [0.1, 0.15) is 6.04 Å². The molecule has 1 aromatic rings. The second kappa shape index (κ2) is 9.21. The number of halogens is 3. The van der Waals surface area contributed by atoms with E-state index in [1.807, 2.05) is 0 Å². The average Bonchev–Trinajstić information content (AvgIpc) is 2.58. The highest BCUT2D eigenvalue weighted by molar-refractivity contribution is 5.86. The lowest BCUT2D eigenvalue weighted by atomic mass is 10.0. The summed E-state index contributed by atoms with van der Waals surface area (Å²) in [4.78, 5) is 35.4. The van der Waals surface area contributed by atoms with E-state index in [1.54, 1.807) is 0 Å². The van der Waals surface area contributed by atoms with E-state index in [0.717, 1.165) is 19.2 Å². The fraction of sp³-hybridized carbons (Fsp3) is 0.471. The SMILES string of the molecule is COC(=O)[C@H](C)C[C@@H](NC(=O)Cc1cccc(C(F)(F)F)c1)C(=O)OC. The number of ether oxygens (including phenoxy) is 2. The van der Waals surface area contributed by atoms with Gasteiger partial charge in [-0.3, -0.25) is 9.59 Å². The van der Waals surface area contributed by atoms with Gasteiger partial charge in [0.05, 0.1) is 32.1 Å². The van der Waals surface area contributed by atoms with Crippen LogP contribution in [0.1, 0.15) is 24.5 Å². The molecule has 0 fully saturated rings. The maximum Gasteiger partial charge on any atom is 0.416 e. The van der Waals surface area contributed by atoms with Gasteiger partial charge in [-0.25, -0.2) is 4.79 Å².